The van der Waals surface area contributed by atoms with Crippen molar-refractivity contribution in [2.75, 3.05) is 11.9 Å². The number of carbonyl (C=O) groups excluding carboxylic acids is 3. The van der Waals surface area contributed by atoms with Crippen LogP contribution in [0.15, 0.2) is 42.5 Å². The molecule has 3 amide bonds. The number of imide groups is 1. The van der Waals surface area contributed by atoms with Gasteiger partial charge in [-0.1, -0.05) is 37.1 Å². The van der Waals surface area contributed by atoms with Crippen LogP contribution in [0.3, 0.4) is 0 Å². The first kappa shape index (κ1) is 23.0. The predicted octanol–water partition coefficient (Wildman–Crippen LogP) is 3.12. The van der Waals surface area contributed by atoms with Crippen molar-refractivity contribution in [1.29, 1.82) is 0 Å². The molecule has 1 fully saturated rings. The molecule has 0 saturated carbocycles. The maximum absolute atomic E-state index is 13.0. The molecule has 0 aromatic heterocycles. The highest BCUT2D eigenvalue weighted by Gasteiger charge is 2.39. The molecule has 4 rings (SSSR count). The fraction of sp³-hybridized carbons (Fsp3) is 0.423. The highest BCUT2D eigenvalue weighted by molar-refractivity contribution is 6.05. The summed E-state index contributed by atoms with van der Waals surface area (Å²) >= 11 is 0. The van der Waals surface area contributed by atoms with Crippen LogP contribution in [0.4, 0.5) is 5.69 Å². The summed E-state index contributed by atoms with van der Waals surface area (Å²) in [6, 6.07) is 13.6. The minimum Gasteiger partial charge on any atom is -0.381 e. The first-order valence-electron chi connectivity index (χ1n) is 11.8. The second-order valence-electron chi connectivity index (χ2n) is 8.85. The van der Waals surface area contributed by atoms with E-state index in [0.29, 0.717) is 25.1 Å². The zero-order valence-electron chi connectivity index (χ0n) is 18.9. The molecule has 7 nitrogen and oxygen atoms in total. The van der Waals surface area contributed by atoms with Gasteiger partial charge in [0, 0.05) is 30.8 Å². The molecule has 33 heavy (non-hydrogen) atoms. The molecule has 2 aliphatic rings. The molecule has 7 heteroatoms. The number of nitrogens with zero attached hydrogens (tertiary/aromatic N) is 1. The van der Waals surface area contributed by atoms with Crippen LogP contribution in [-0.2, 0) is 29.1 Å². The van der Waals surface area contributed by atoms with E-state index in [9.17, 15) is 14.4 Å². The van der Waals surface area contributed by atoms with Gasteiger partial charge in [0.2, 0.25) is 11.8 Å². The van der Waals surface area contributed by atoms with E-state index in [-0.39, 0.29) is 24.1 Å². The van der Waals surface area contributed by atoms with Crippen LogP contribution >= 0.6 is 0 Å². The van der Waals surface area contributed by atoms with Crippen molar-refractivity contribution in [3.05, 3.63) is 64.7 Å². The van der Waals surface area contributed by atoms with E-state index >= 15 is 0 Å². The minimum atomic E-state index is -0.591. The minimum absolute atomic E-state index is 0.142. The quantitative estimate of drug-likeness (QED) is 0.383. The topological polar surface area (TPSA) is 105 Å². The number of hydrogen-bond acceptors (Lipinski definition) is 5. The molecule has 0 radical (unpaired) electrons. The van der Waals surface area contributed by atoms with E-state index in [1.807, 2.05) is 18.2 Å². The summed E-state index contributed by atoms with van der Waals surface area (Å²) in [5.41, 5.74) is 10.5. The largest absolute Gasteiger partial charge is 0.381 e. The van der Waals surface area contributed by atoms with Gasteiger partial charge in [-0.25, -0.2) is 0 Å². The van der Waals surface area contributed by atoms with Gasteiger partial charge in [-0.05, 0) is 67.1 Å². The predicted molar refractivity (Wildman–Crippen MR) is 127 cm³/mol. The third-order valence-corrected chi connectivity index (χ3v) is 6.54. The van der Waals surface area contributed by atoms with Gasteiger partial charge in [-0.2, -0.15) is 0 Å². The SMILES string of the molecule is NCCCCCCc1ccc(NCc2cccc3c2CN(C2CCC(=O)NC2=O)C3=O)cc1. The lowest BCUT2D eigenvalue weighted by atomic mass is 10.0. The Morgan fingerprint density at radius 1 is 1.00 bits per heavy atom. The number of nitrogens with one attached hydrogen (secondary N) is 2. The smallest absolute Gasteiger partial charge is 0.255 e. The summed E-state index contributed by atoms with van der Waals surface area (Å²) in [4.78, 5) is 38.3. The third-order valence-electron chi connectivity index (χ3n) is 6.54. The number of rotatable bonds is 10. The first-order chi connectivity index (χ1) is 16.1. The molecule has 174 valence electrons. The monoisotopic (exact) mass is 448 g/mol. The van der Waals surface area contributed by atoms with Gasteiger partial charge in [0.15, 0.2) is 0 Å². The number of nitrogens with two attached hydrogens (primary N) is 1. The fourth-order valence-electron chi connectivity index (χ4n) is 4.63. The molecule has 2 aliphatic heterocycles. The second-order valence-corrected chi connectivity index (χ2v) is 8.85. The number of anilines is 1. The van der Waals surface area contributed by atoms with Crippen molar-refractivity contribution in [2.24, 2.45) is 5.73 Å². The Morgan fingerprint density at radius 3 is 2.55 bits per heavy atom. The molecule has 0 aliphatic carbocycles. The van der Waals surface area contributed by atoms with E-state index < -0.39 is 6.04 Å². The Balaban J connectivity index is 1.35. The normalized spacial score (nSPS) is 17.8. The zero-order valence-corrected chi connectivity index (χ0v) is 18.9. The van der Waals surface area contributed by atoms with E-state index in [1.165, 1.54) is 24.8 Å². The number of piperidine rings is 1. The van der Waals surface area contributed by atoms with Gasteiger partial charge >= 0.3 is 0 Å². The summed E-state index contributed by atoms with van der Waals surface area (Å²) in [7, 11) is 0. The Labute approximate surface area is 194 Å². The summed E-state index contributed by atoms with van der Waals surface area (Å²) in [5.74, 6) is -0.799. The molecule has 1 saturated heterocycles. The number of carbonyl (C=O) groups is 3. The Morgan fingerprint density at radius 2 is 1.79 bits per heavy atom. The first-order valence-corrected chi connectivity index (χ1v) is 11.8. The number of unbranched alkanes of at least 4 members (excludes halogenated alkanes) is 3. The summed E-state index contributed by atoms with van der Waals surface area (Å²) in [5, 5.41) is 5.81. The van der Waals surface area contributed by atoms with Gasteiger partial charge in [0.25, 0.3) is 5.91 Å². The third kappa shape index (κ3) is 5.42. The van der Waals surface area contributed by atoms with Gasteiger partial charge in [0.05, 0.1) is 0 Å². The van der Waals surface area contributed by atoms with Crippen LogP contribution in [0.5, 0.6) is 0 Å². The van der Waals surface area contributed by atoms with Crippen molar-refractivity contribution in [3.63, 3.8) is 0 Å². The molecular weight excluding hydrogens is 416 g/mol. The number of amides is 3. The Kier molecular flexibility index (Phi) is 7.40. The van der Waals surface area contributed by atoms with Crippen molar-refractivity contribution < 1.29 is 14.4 Å². The van der Waals surface area contributed by atoms with Crippen LogP contribution in [0.2, 0.25) is 0 Å². The molecule has 2 aromatic carbocycles. The van der Waals surface area contributed by atoms with Crippen molar-refractivity contribution in [2.45, 2.75) is 64.1 Å². The van der Waals surface area contributed by atoms with Gasteiger partial charge in [-0.15, -0.1) is 0 Å². The van der Waals surface area contributed by atoms with Gasteiger partial charge in [-0.3, -0.25) is 19.7 Å². The average Bonchev–Trinajstić information content (AvgIpc) is 3.15. The van der Waals surface area contributed by atoms with E-state index in [2.05, 4.69) is 34.9 Å². The van der Waals surface area contributed by atoms with Gasteiger partial charge < -0.3 is 16.0 Å². The Bertz CT molecular complexity index is 1020. The highest BCUT2D eigenvalue weighted by atomic mass is 16.2. The standard InChI is InChI=1S/C26H32N4O3/c27-15-4-2-1-3-6-18-9-11-20(12-10-18)28-16-19-7-5-8-21-22(19)17-30(26(21)33)23-13-14-24(31)29-25(23)32/h5,7-12,23,28H,1-4,6,13-17,27H2,(H,29,31,32). The van der Waals surface area contributed by atoms with Crippen LogP contribution in [-0.4, -0.2) is 35.2 Å². The maximum atomic E-state index is 13.0. The fourth-order valence-corrected chi connectivity index (χ4v) is 4.63. The van der Waals surface area contributed by atoms with Crippen LogP contribution in [0.1, 0.15) is 65.6 Å². The lowest BCUT2D eigenvalue weighted by Crippen LogP contribution is -2.52. The van der Waals surface area contributed by atoms with Crippen molar-refractivity contribution in [1.82, 2.24) is 10.2 Å². The average molecular weight is 449 g/mol. The van der Waals surface area contributed by atoms with E-state index in [1.54, 1.807) is 4.90 Å². The van der Waals surface area contributed by atoms with Crippen molar-refractivity contribution in [3.8, 4) is 0 Å². The number of fused-ring (bicyclic) bond motifs is 1. The summed E-state index contributed by atoms with van der Waals surface area (Å²) < 4.78 is 0. The summed E-state index contributed by atoms with van der Waals surface area (Å²) in [6.07, 6.45) is 6.40. The van der Waals surface area contributed by atoms with Crippen LogP contribution < -0.4 is 16.4 Å². The number of benzene rings is 2. The van der Waals surface area contributed by atoms with E-state index in [4.69, 9.17) is 5.73 Å². The molecular formula is C26H32N4O3. The summed E-state index contributed by atoms with van der Waals surface area (Å²) in [6.45, 7) is 1.76. The van der Waals surface area contributed by atoms with E-state index in [0.717, 1.165) is 36.2 Å². The van der Waals surface area contributed by atoms with Gasteiger partial charge in [0.1, 0.15) is 6.04 Å². The highest BCUT2D eigenvalue weighted by Crippen LogP contribution is 2.30. The lowest BCUT2D eigenvalue weighted by molar-refractivity contribution is -0.136. The number of hydrogen-bond donors (Lipinski definition) is 3. The zero-order chi connectivity index (χ0) is 23.2. The van der Waals surface area contributed by atoms with Crippen molar-refractivity contribution >= 4 is 23.4 Å². The molecule has 4 N–H and O–H groups in total. The molecule has 2 aromatic rings. The number of aryl methyl sites for hydroxylation is 1. The van der Waals surface area contributed by atoms with Crippen LogP contribution in [0, 0.1) is 0 Å². The molecule has 0 bridgehead atoms. The molecule has 1 unspecified atom stereocenters. The van der Waals surface area contributed by atoms with Crippen LogP contribution in [0.25, 0.3) is 0 Å². The maximum Gasteiger partial charge on any atom is 0.255 e. The molecule has 0 spiro atoms. The molecule has 2 heterocycles. The lowest BCUT2D eigenvalue weighted by Gasteiger charge is -2.29. The molecule has 1 atom stereocenters. The Hall–Kier alpha value is -3.19. The second kappa shape index (κ2) is 10.6.